The van der Waals surface area contributed by atoms with Gasteiger partial charge in [0.25, 0.3) is 0 Å². The zero-order valence-corrected chi connectivity index (χ0v) is 13.2. The Bertz CT molecular complexity index is 550. The summed E-state index contributed by atoms with van der Waals surface area (Å²) in [5, 5.41) is 4.13. The first-order valence-corrected chi connectivity index (χ1v) is 7.87. The Kier molecular flexibility index (Phi) is 4.76. The second-order valence-electron chi connectivity index (χ2n) is 6.27. The van der Waals surface area contributed by atoms with E-state index in [1.165, 1.54) is 4.70 Å². The lowest BCUT2D eigenvalue weighted by molar-refractivity contribution is -0.122. The van der Waals surface area contributed by atoms with Crippen LogP contribution in [0, 0.1) is 5.41 Å². The van der Waals surface area contributed by atoms with Crippen molar-refractivity contribution in [2.45, 2.75) is 40.0 Å². The van der Waals surface area contributed by atoms with E-state index in [2.05, 4.69) is 37.1 Å². The van der Waals surface area contributed by atoms with Crippen molar-refractivity contribution in [3.05, 3.63) is 29.3 Å². The van der Waals surface area contributed by atoms with E-state index in [9.17, 15) is 4.79 Å². The molecule has 0 saturated carbocycles. The number of fused-ring (bicyclic) bond motifs is 1. The number of aryl methyl sites for hydroxylation is 1. The van der Waals surface area contributed by atoms with Crippen LogP contribution in [0.4, 0.5) is 0 Å². The van der Waals surface area contributed by atoms with Crippen LogP contribution in [0.1, 0.15) is 38.6 Å². The van der Waals surface area contributed by atoms with Gasteiger partial charge >= 0.3 is 0 Å². The predicted molar refractivity (Wildman–Crippen MR) is 85.0 cm³/mol. The first kappa shape index (κ1) is 15.0. The molecule has 0 fully saturated rings. The molecule has 1 N–H and O–H groups in total. The van der Waals surface area contributed by atoms with E-state index >= 15 is 0 Å². The minimum Gasteiger partial charge on any atom is -0.356 e. The monoisotopic (exact) mass is 290 g/mol. The summed E-state index contributed by atoms with van der Waals surface area (Å²) < 4.78 is 1.24. The van der Waals surface area contributed by atoms with E-state index in [1.54, 1.807) is 11.3 Å². The van der Waals surface area contributed by atoms with Gasteiger partial charge < -0.3 is 5.32 Å². The molecule has 20 heavy (non-hydrogen) atoms. The molecular weight excluding hydrogens is 268 g/mol. The second-order valence-corrected chi connectivity index (χ2v) is 7.38. The fourth-order valence-electron chi connectivity index (χ4n) is 2.04. The molecule has 4 heteroatoms. The van der Waals surface area contributed by atoms with Crippen LogP contribution in [0.15, 0.2) is 24.3 Å². The van der Waals surface area contributed by atoms with Crippen LogP contribution in [0.25, 0.3) is 10.2 Å². The van der Waals surface area contributed by atoms with E-state index in [-0.39, 0.29) is 11.3 Å². The van der Waals surface area contributed by atoms with E-state index < -0.39 is 0 Å². The maximum atomic E-state index is 11.7. The Hall–Kier alpha value is -1.42. The molecule has 2 rings (SSSR count). The summed E-state index contributed by atoms with van der Waals surface area (Å²) in [6.45, 7) is 6.96. The molecule has 1 amide bonds. The third-order valence-corrected chi connectivity index (χ3v) is 4.01. The quantitative estimate of drug-likeness (QED) is 0.851. The van der Waals surface area contributed by atoms with Gasteiger partial charge in [0.05, 0.1) is 15.2 Å². The first-order valence-electron chi connectivity index (χ1n) is 7.05. The van der Waals surface area contributed by atoms with Gasteiger partial charge in [0, 0.05) is 19.4 Å². The highest BCUT2D eigenvalue weighted by molar-refractivity contribution is 7.18. The number of aromatic nitrogens is 1. The lowest BCUT2D eigenvalue weighted by Crippen LogP contribution is -2.28. The van der Waals surface area contributed by atoms with Gasteiger partial charge in [-0.2, -0.15) is 0 Å². The van der Waals surface area contributed by atoms with E-state index in [0.29, 0.717) is 6.42 Å². The molecule has 0 saturated heterocycles. The Morgan fingerprint density at radius 1 is 1.30 bits per heavy atom. The van der Waals surface area contributed by atoms with Crippen molar-refractivity contribution in [3.63, 3.8) is 0 Å². The molecule has 0 aliphatic rings. The highest BCUT2D eigenvalue weighted by atomic mass is 32.1. The smallest absolute Gasteiger partial charge is 0.220 e. The van der Waals surface area contributed by atoms with Gasteiger partial charge in [-0.15, -0.1) is 11.3 Å². The van der Waals surface area contributed by atoms with Gasteiger partial charge in [-0.3, -0.25) is 4.79 Å². The van der Waals surface area contributed by atoms with Crippen molar-refractivity contribution in [1.82, 2.24) is 10.3 Å². The summed E-state index contributed by atoms with van der Waals surface area (Å²) in [7, 11) is 0. The molecule has 0 radical (unpaired) electrons. The van der Waals surface area contributed by atoms with Crippen molar-refractivity contribution in [1.29, 1.82) is 0 Å². The summed E-state index contributed by atoms with van der Waals surface area (Å²) in [4.78, 5) is 16.3. The van der Waals surface area contributed by atoms with Gasteiger partial charge in [0.2, 0.25) is 5.91 Å². The topological polar surface area (TPSA) is 42.0 Å². The zero-order valence-electron chi connectivity index (χ0n) is 12.4. The Morgan fingerprint density at radius 3 is 2.75 bits per heavy atom. The van der Waals surface area contributed by atoms with Crippen molar-refractivity contribution in [2.24, 2.45) is 5.41 Å². The van der Waals surface area contributed by atoms with Gasteiger partial charge in [-0.1, -0.05) is 32.9 Å². The minimum absolute atomic E-state index is 0.0527. The number of nitrogens with zero attached hydrogens (tertiary/aromatic N) is 1. The Labute approximate surface area is 124 Å². The summed E-state index contributed by atoms with van der Waals surface area (Å²) in [6, 6.07) is 8.19. The largest absolute Gasteiger partial charge is 0.356 e. The van der Waals surface area contributed by atoms with Crippen molar-refractivity contribution >= 4 is 27.5 Å². The molecular formula is C16H22N2OS. The number of hydrogen-bond acceptors (Lipinski definition) is 3. The maximum absolute atomic E-state index is 11.7. The molecule has 0 aliphatic heterocycles. The van der Waals surface area contributed by atoms with E-state index in [4.69, 9.17) is 0 Å². The van der Waals surface area contributed by atoms with Crippen molar-refractivity contribution < 1.29 is 4.79 Å². The molecule has 3 nitrogen and oxygen atoms in total. The minimum atomic E-state index is 0.0527. The predicted octanol–water partition coefficient (Wildman–Crippen LogP) is 3.78. The SMILES string of the molecule is CC(C)(C)CC(=O)NCCCc1nc2ccccc2s1. The third-order valence-electron chi connectivity index (χ3n) is 2.92. The molecule has 1 aromatic carbocycles. The van der Waals surface area contributed by atoms with Gasteiger partial charge in [-0.25, -0.2) is 4.98 Å². The highest BCUT2D eigenvalue weighted by Crippen LogP contribution is 2.22. The van der Waals surface area contributed by atoms with Gasteiger partial charge in [-0.05, 0) is 24.0 Å². The van der Waals surface area contributed by atoms with Crippen LogP contribution in [-0.4, -0.2) is 17.4 Å². The molecule has 1 heterocycles. The molecule has 2 aromatic rings. The summed E-state index contributed by atoms with van der Waals surface area (Å²) in [6.07, 6.45) is 2.44. The van der Waals surface area contributed by atoms with E-state index in [1.807, 2.05) is 18.2 Å². The van der Waals surface area contributed by atoms with Crippen LogP contribution in [-0.2, 0) is 11.2 Å². The van der Waals surface area contributed by atoms with Crippen LogP contribution in [0.3, 0.4) is 0 Å². The number of carbonyl (C=O) groups is 1. The fraction of sp³-hybridized carbons (Fsp3) is 0.500. The second kappa shape index (κ2) is 6.35. The van der Waals surface area contributed by atoms with Crippen molar-refractivity contribution in [3.8, 4) is 0 Å². The average Bonchev–Trinajstić information content (AvgIpc) is 2.75. The number of hydrogen-bond donors (Lipinski definition) is 1. The molecule has 0 spiro atoms. The van der Waals surface area contributed by atoms with Crippen LogP contribution in [0.2, 0.25) is 0 Å². The first-order chi connectivity index (χ1) is 9.44. The highest BCUT2D eigenvalue weighted by Gasteiger charge is 2.15. The van der Waals surface area contributed by atoms with Gasteiger partial charge in [0.1, 0.15) is 0 Å². The standard InChI is InChI=1S/C16H22N2OS/c1-16(2,3)11-14(19)17-10-6-9-15-18-12-7-4-5-8-13(12)20-15/h4-5,7-8H,6,9-11H2,1-3H3,(H,17,19). The molecule has 0 bridgehead atoms. The number of para-hydroxylation sites is 1. The summed E-state index contributed by atoms with van der Waals surface area (Å²) >= 11 is 1.74. The number of amides is 1. The number of rotatable bonds is 5. The number of benzene rings is 1. The van der Waals surface area contributed by atoms with Crippen LogP contribution >= 0.6 is 11.3 Å². The molecule has 1 aromatic heterocycles. The number of nitrogens with one attached hydrogen (secondary N) is 1. The van der Waals surface area contributed by atoms with Crippen LogP contribution in [0.5, 0.6) is 0 Å². The lowest BCUT2D eigenvalue weighted by Gasteiger charge is -2.17. The van der Waals surface area contributed by atoms with Gasteiger partial charge in [0.15, 0.2) is 0 Å². The third kappa shape index (κ3) is 4.60. The Morgan fingerprint density at radius 2 is 2.05 bits per heavy atom. The van der Waals surface area contributed by atoms with E-state index in [0.717, 1.165) is 29.9 Å². The summed E-state index contributed by atoms with van der Waals surface area (Å²) in [5.41, 5.74) is 1.13. The molecule has 0 atom stereocenters. The average molecular weight is 290 g/mol. The molecule has 0 aliphatic carbocycles. The fourth-order valence-corrected chi connectivity index (χ4v) is 3.05. The maximum Gasteiger partial charge on any atom is 0.220 e. The normalized spacial score (nSPS) is 11.8. The molecule has 108 valence electrons. The lowest BCUT2D eigenvalue weighted by atomic mass is 9.92. The molecule has 0 unspecified atom stereocenters. The van der Waals surface area contributed by atoms with Crippen LogP contribution < -0.4 is 5.32 Å². The zero-order chi connectivity index (χ0) is 14.6. The number of thiazole rings is 1. The number of carbonyl (C=O) groups excluding carboxylic acids is 1. The summed E-state index contributed by atoms with van der Waals surface area (Å²) in [5.74, 6) is 0.141. The Balaban J connectivity index is 1.74. The van der Waals surface area contributed by atoms with Crippen molar-refractivity contribution in [2.75, 3.05) is 6.54 Å².